The second kappa shape index (κ2) is 8.54. The molecule has 0 atom stereocenters. The lowest BCUT2D eigenvalue weighted by Crippen LogP contribution is -2.35. The predicted octanol–water partition coefficient (Wildman–Crippen LogP) is 3.19. The quantitative estimate of drug-likeness (QED) is 0.763. The molecule has 0 bridgehead atoms. The molecule has 0 N–H and O–H groups in total. The molecule has 5 nitrogen and oxygen atoms in total. The summed E-state index contributed by atoms with van der Waals surface area (Å²) < 4.78 is 11.2. The molecule has 1 aromatic rings. The van der Waals surface area contributed by atoms with Crippen molar-refractivity contribution in [1.82, 2.24) is 9.80 Å². The van der Waals surface area contributed by atoms with Crippen molar-refractivity contribution in [3.8, 4) is 0 Å². The van der Waals surface area contributed by atoms with Crippen LogP contribution in [0.25, 0.3) is 0 Å². The van der Waals surface area contributed by atoms with E-state index in [1.54, 1.807) is 18.4 Å². The summed E-state index contributed by atoms with van der Waals surface area (Å²) in [5, 5.41) is 0. The lowest BCUT2D eigenvalue weighted by atomic mass is 10.2. The molecule has 0 aromatic heterocycles. The van der Waals surface area contributed by atoms with Crippen molar-refractivity contribution in [2.24, 2.45) is 0 Å². The SMILES string of the molecule is C=C1C(OCc2ccccc2)=CC=CN1C(=O)/C=C(\C)N1CCOCC1. The predicted molar refractivity (Wildman–Crippen MR) is 101 cm³/mol. The lowest BCUT2D eigenvalue weighted by Gasteiger charge is -2.30. The minimum absolute atomic E-state index is 0.135. The van der Waals surface area contributed by atoms with Gasteiger partial charge in [0.1, 0.15) is 12.4 Å². The third-order valence-corrected chi connectivity index (χ3v) is 4.37. The molecule has 0 unspecified atom stereocenters. The summed E-state index contributed by atoms with van der Waals surface area (Å²) in [4.78, 5) is 16.3. The van der Waals surface area contributed by atoms with Crippen LogP contribution in [-0.4, -0.2) is 42.0 Å². The van der Waals surface area contributed by atoms with Gasteiger partial charge in [-0.15, -0.1) is 0 Å². The average molecular weight is 352 g/mol. The van der Waals surface area contributed by atoms with Crippen molar-refractivity contribution >= 4 is 5.91 Å². The highest BCUT2D eigenvalue weighted by atomic mass is 16.5. The van der Waals surface area contributed by atoms with E-state index in [0.717, 1.165) is 24.4 Å². The van der Waals surface area contributed by atoms with Gasteiger partial charge in [-0.2, -0.15) is 0 Å². The first-order valence-corrected chi connectivity index (χ1v) is 8.74. The summed E-state index contributed by atoms with van der Waals surface area (Å²) in [6, 6.07) is 9.91. The molecule has 0 aliphatic carbocycles. The maximum Gasteiger partial charge on any atom is 0.256 e. The summed E-state index contributed by atoms with van der Waals surface area (Å²) in [6.07, 6.45) is 6.97. The van der Waals surface area contributed by atoms with E-state index in [-0.39, 0.29) is 5.91 Å². The fourth-order valence-electron chi connectivity index (χ4n) is 2.85. The van der Waals surface area contributed by atoms with Crippen molar-refractivity contribution in [2.45, 2.75) is 13.5 Å². The van der Waals surface area contributed by atoms with Crippen LogP contribution in [0.3, 0.4) is 0 Å². The number of allylic oxidation sites excluding steroid dienone is 3. The Morgan fingerprint density at radius 3 is 2.73 bits per heavy atom. The van der Waals surface area contributed by atoms with Gasteiger partial charge in [0.05, 0.1) is 18.9 Å². The Kier molecular flexibility index (Phi) is 5.92. The van der Waals surface area contributed by atoms with Crippen molar-refractivity contribution in [1.29, 1.82) is 0 Å². The van der Waals surface area contributed by atoms with E-state index >= 15 is 0 Å². The first-order valence-electron chi connectivity index (χ1n) is 8.74. The molecule has 136 valence electrons. The third kappa shape index (κ3) is 4.43. The summed E-state index contributed by atoms with van der Waals surface area (Å²) in [5.41, 5.74) is 2.54. The van der Waals surface area contributed by atoms with Crippen LogP contribution in [0.5, 0.6) is 0 Å². The first kappa shape index (κ1) is 18.0. The molecule has 1 fully saturated rings. The summed E-state index contributed by atoms with van der Waals surface area (Å²) in [6.45, 7) is 9.40. The number of nitrogens with zero attached hydrogens (tertiary/aromatic N) is 2. The van der Waals surface area contributed by atoms with Gasteiger partial charge in [0.2, 0.25) is 0 Å². The Balaban J connectivity index is 1.62. The number of carbonyl (C=O) groups is 1. The van der Waals surface area contributed by atoms with Gasteiger partial charge in [0, 0.05) is 31.1 Å². The highest BCUT2D eigenvalue weighted by Crippen LogP contribution is 2.22. The van der Waals surface area contributed by atoms with Gasteiger partial charge in [-0.3, -0.25) is 9.69 Å². The lowest BCUT2D eigenvalue weighted by molar-refractivity contribution is -0.122. The van der Waals surface area contributed by atoms with Crippen molar-refractivity contribution in [3.63, 3.8) is 0 Å². The number of morpholine rings is 1. The fourth-order valence-corrected chi connectivity index (χ4v) is 2.85. The van der Waals surface area contributed by atoms with Crippen LogP contribution < -0.4 is 0 Å². The van der Waals surface area contributed by atoms with E-state index in [0.29, 0.717) is 31.3 Å². The third-order valence-electron chi connectivity index (χ3n) is 4.37. The highest BCUT2D eigenvalue weighted by molar-refractivity contribution is 5.91. The van der Waals surface area contributed by atoms with Gasteiger partial charge in [0.25, 0.3) is 5.91 Å². The zero-order chi connectivity index (χ0) is 18.4. The van der Waals surface area contributed by atoms with Gasteiger partial charge >= 0.3 is 0 Å². The Hall–Kier alpha value is -2.79. The summed E-state index contributed by atoms with van der Waals surface area (Å²) >= 11 is 0. The van der Waals surface area contributed by atoms with E-state index < -0.39 is 0 Å². The maximum atomic E-state index is 12.7. The molecule has 0 saturated carbocycles. The molecular weight excluding hydrogens is 328 g/mol. The van der Waals surface area contributed by atoms with E-state index in [2.05, 4.69) is 11.5 Å². The number of hydrogen-bond acceptors (Lipinski definition) is 4. The Morgan fingerprint density at radius 2 is 2.00 bits per heavy atom. The molecule has 26 heavy (non-hydrogen) atoms. The average Bonchev–Trinajstić information content (AvgIpc) is 2.68. The van der Waals surface area contributed by atoms with Crippen LogP contribution in [0.15, 0.2) is 78.5 Å². The number of carbonyl (C=O) groups excluding carboxylic acids is 1. The molecule has 3 rings (SSSR count). The van der Waals surface area contributed by atoms with Gasteiger partial charge in [-0.25, -0.2) is 0 Å². The first-order chi connectivity index (χ1) is 12.6. The molecule has 2 heterocycles. The zero-order valence-corrected chi connectivity index (χ0v) is 15.1. The van der Waals surface area contributed by atoms with Crippen LogP contribution in [0.2, 0.25) is 0 Å². The largest absolute Gasteiger partial charge is 0.487 e. The van der Waals surface area contributed by atoms with Crippen LogP contribution in [0.1, 0.15) is 12.5 Å². The second-order valence-electron chi connectivity index (χ2n) is 6.19. The number of rotatable bonds is 5. The van der Waals surface area contributed by atoms with E-state index in [1.165, 1.54) is 4.90 Å². The second-order valence-corrected chi connectivity index (χ2v) is 6.19. The van der Waals surface area contributed by atoms with E-state index in [9.17, 15) is 4.79 Å². The Morgan fingerprint density at radius 1 is 1.27 bits per heavy atom. The van der Waals surface area contributed by atoms with Crippen LogP contribution in [-0.2, 0) is 20.9 Å². The fraction of sp³-hybridized carbons (Fsp3) is 0.286. The topological polar surface area (TPSA) is 42.0 Å². The van der Waals surface area contributed by atoms with Crippen molar-refractivity contribution in [2.75, 3.05) is 26.3 Å². The van der Waals surface area contributed by atoms with E-state index in [1.807, 2.05) is 43.3 Å². The summed E-state index contributed by atoms with van der Waals surface area (Å²) in [5.74, 6) is 0.464. The van der Waals surface area contributed by atoms with Gasteiger partial charge in [0.15, 0.2) is 0 Å². The van der Waals surface area contributed by atoms with Gasteiger partial charge < -0.3 is 14.4 Å². The molecule has 1 amide bonds. The minimum atomic E-state index is -0.135. The number of hydrogen-bond donors (Lipinski definition) is 0. The standard InChI is InChI=1S/C21H24N2O3/c1-17(22-11-13-25-14-12-22)15-21(24)23-10-6-9-20(18(23)2)26-16-19-7-4-3-5-8-19/h3-10,15H,2,11-14,16H2,1H3/b17-15+. The number of amides is 1. The monoisotopic (exact) mass is 352 g/mol. The zero-order valence-electron chi connectivity index (χ0n) is 15.1. The van der Waals surface area contributed by atoms with Gasteiger partial charge in [-0.1, -0.05) is 36.9 Å². The normalized spacial score (nSPS) is 18.0. The molecule has 5 heteroatoms. The molecule has 2 aliphatic rings. The highest BCUT2D eigenvalue weighted by Gasteiger charge is 2.20. The van der Waals surface area contributed by atoms with Crippen LogP contribution >= 0.6 is 0 Å². The molecule has 0 radical (unpaired) electrons. The van der Waals surface area contributed by atoms with Gasteiger partial charge in [-0.05, 0) is 24.6 Å². The summed E-state index contributed by atoms with van der Waals surface area (Å²) in [7, 11) is 0. The molecule has 1 saturated heterocycles. The van der Waals surface area contributed by atoms with Crippen LogP contribution in [0, 0.1) is 0 Å². The minimum Gasteiger partial charge on any atom is -0.487 e. The number of benzene rings is 1. The molecule has 2 aliphatic heterocycles. The van der Waals surface area contributed by atoms with Crippen LogP contribution in [0.4, 0.5) is 0 Å². The molecular formula is C21H24N2O3. The Bertz CT molecular complexity index is 744. The van der Waals surface area contributed by atoms with Crippen molar-refractivity contribution in [3.05, 3.63) is 84.1 Å². The smallest absolute Gasteiger partial charge is 0.256 e. The van der Waals surface area contributed by atoms with E-state index in [4.69, 9.17) is 9.47 Å². The number of ether oxygens (including phenoxy) is 2. The maximum absolute atomic E-state index is 12.7. The molecule has 0 spiro atoms. The van der Waals surface area contributed by atoms with Crippen molar-refractivity contribution < 1.29 is 14.3 Å². The Labute approximate surface area is 154 Å². The molecule has 1 aromatic carbocycles.